The van der Waals surface area contributed by atoms with E-state index in [1.165, 1.54) is 6.07 Å². The molecule has 1 fully saturated rings. The van der Waals surface area contributed by atoms with Gasteiger partial charge in [-0.05, 0) is 47.8 Å². The lowest BCUT2D eigenvalue weighted by Crippen LogP contribution is -2.37. The molecular formula is C14H17BrN2O3. The van der Waals surface area contributed by atoms with E-state index in [-0.39, 0.29) is 22.3 Å². The summed E-state index contributed by atoms with van der Waals surface area (Å²) in [4.78, 5) is 24.2. The molecule has 1 aromatic carbocycles. The Kier molecular flexibility index (Phi) is 4.88. The van der Waals surface area contributed by atoms with Crippen LogP contribution in [0.15, 0.2) is 22.7 Å². The fourth-order valence-corrected chi connectivity index (χ4v) is 3.14. The minimum atomic E-state index is -0.387. The Morgan fingerprint density at radius 3 is 2.95 bits per heavy atom. The Morgan fingerprint density at radius 1 is 1.55 bits per heavy atom. The lowest BCUT2D eigenvalue weighted by atomic mass is 9.94. The molecule has 1 unspecified atom stereocenters. The number of carbonyl (C=O) groups is 1. The number of benzene rings is 1. The normalized spacial score (nSPS) is 19.8. The molecule has 2 rings (SSSR count). The SMILES string of the molecule is CC(=O)C1CCCN(Cc2cccc([N+](=O)[O-])c2Br)C1. The predicted molar refractivity (Wildman–Crippen MR) is 79.5 cm³/mol. The first-order chi connectivity index (χ1) is 9.49. The number of Topliss-reactive ketones (excluding diaryl/α,β-unsaturated/α-hetero) is 1. The standard InChI is InChI=1S/C14H17BrN2O3/c1-10(18)11-5-3-7-16(8-11)9-12-4-2-6-13(14(12)15)17(19)20/h2,4,6,11H,3,5,7-9H2,1H3. The van der Waals surface area contributed by atoms with Crippen molar-refractivity contribution >= 4 is 27.4 Å². The molecule has 0 amide bonds. The van der Waals surface area contributed by atoms with E-state index in [4.69, 9.17) is 0 Å². The molecule has 1 aliphatic heterocycles. The molecule has 0 spiro atoms. The smallest absolute Gasteiger partial charge is 0.283 e. The molecule has 108 valence electrons. The molecule has 0 saturated carbocycles. The van der Waals surface area contributed by atoms with Crippen LogP contribution >= 0.6 is 15.9 Å². The second-order valence-corrected chi connectivity index (χ2v) is 5.99. The van der Waals surface area contributed by atoms with Gasteiger partial charge in [0.25, 0.3) is 5.69 Å². The van der Waals surface area contributed by atoms with E-state index in [1.807, 2.05) is 6.07 Å². The summed E-state index contributed by atoms with van der Waals surface area (Å²) in [7, 11) is 0. The quantitative estimate of drug-likeness (QED) is 0.623. The molecule has 0 bridgehead atoms. The van der Waals surface area contributed by atoms with Crippen molar-refractivity contribution in [1.29, 1.82) is 0 Å². The molecule has 5 nitrogen and oxygen atoms in total. The minimum Gasteiger partial charge on any atom is -0.300 e. The first kappa shape index (κ1) is 15.1. The molecule has 1 aromatic rings. The lowest BCUT2D eigenvalue weighted by Gasteiger charge is -2.31. The number of halogens is 1. The van der Waals surface area contributed by atoms with Gasteiger partial charge in [0.2, 0.25) is 0 Å². The van der Waals surface area contributed by atoms with Crippen LogP contribution in [0.4, 0.5) is 5.69 Å². The largest absolute Gasteiger partial charge is 0.300 e. The highest BCUT2D eigenvalue weighted by atomic mass is 79.9. The van der Waals surface area contributed by atoms with Gasteiger partial charge in [0.05, 0.1) is 9.40 Å². The summed E-state index contributed by atoms with van der Waals surface area (Å²) in [5, 5.41) is 10.9. The third-order valence-corrected chi connectivity index (χ3v) is 4.64. The molecular weight excluding hydrogens is 324 g/mol. The van der Waals surface area contributed by atoms with E-state index in [0.717, 1.165) is 31.5 Å². The number of nitrogens with zero attached hydrogens (tertiary/aromatic N) is 2. The highest BCUT2D eigenvalue weighted by Crippen LogP contribution is 2.30. The molecule has 0 radical (unpaired) electrons. The van der Waals surface area contributed by atoms with Crippen molar-refractivity contribution in [3.8, 4) is 0 Å². The average Bonchev–Trinajstić information content (AvgIpc) is 2.41. The molecule has 0 aromatic heterocycles. The summed E-state index contributed by atoms with van der Waals surface area (Å²) < 4.78 is 0.537. The summed E-state index contributed by atoms with van der Waals surface area (Å²) in [5.41, 5.74) is 0.978. The summed E-state index contributed by atoms with van der Waals surface area (Å²) >= 11 is 3.32. The van der Waals surface area contributed by atoms with Gasteiger partial charge in [-0.3, -0.25) is 19.8 Å². The van der Waals surface area contributed by atoms with Gasteiger partial charge in [0, 0.05) is 25.1 Å². The van der Waals surface area contributed by atoms with Crippen molar-refractivity contribution in [3.63, 3.8) is 0 Å². The fraction of sp³-hybridized carbons (Fsp3) is 0.500. The average molecular weight is 341 g/mol. The van der Waals surface area contributed by atoms with E-state index in [9.17, 15) is 14.9 Å². The zero-order valence-corrected chi connectivity index (χ0v) is 12.9. The van der Waals surface area contributed by atoms with Gasteiger partial charge in [-0.2, -0.15) is 0 Å². The van der Waals surface area contributed by atoms with Crippen molar-refractivity contribution in [1.82, 2.24) is 4.90 Å². The summed E-state index contributed by atoms with van der Waals surface area (Å²) in [6.45, 7) is 3.94. The monoisotopic (exact) mass is 340 g/mol. The van der Waals surface area contributed by atoms with E-state index in [0.29, 0.717) is 11.0 Å². The first-order valence-corrected chi connectivity index (χ1v) is 7.43. The molecule has 6 heteroatoms. The third-order valence-electron chi connectivity index (χ3n) is 3.73. The highest BCUT2D eigenvalue weighted by Gasteiger charge is 2.24. The van der Waals surface area contributed by atoms with E-state index in [2.05, 4.69) is 20.8 Å². The van der Waals surface area contributed by atoms with Crippen molar-refractivity contribution in [3.05, 3.63) is 38.3 Å². The van der Waals surface area contributed by atoms with Crippen LogP contribution < -0.4 is 0 Å². The number of ketones is 1. The second kappa shape index (κ2) is 6.45. The zero-order valence-electron chi connectivity index (χ0n) is 11.3. The molecule has 0 N–H and O–H groups in total. The Labute approximate surface area is 126 Å². The number of hydrogen-bond donors (Lipinski definition) is 0. The maximum atomic E-state index is 11.5. The first-order valence-electron chi connectivity index (χ1n) is 6.63. The van der Waals surface area contributed by atoms with Crippen LogP contribution in [0, 0.1) is 16.0 Å². The van der Waals surface area contributed by atoms with Crippen LogP contribution in [0.3, 0.4) is 0 Å². The van der Waals surface area contributed by atoms with Gasteiger partial charge >= 0.3 is 0 Å². The number of nitro groups is 1. The van der Waals surface area contributed by atoms with Gasteiger partial charge in [-0.25, -0.2) is 0 Å². The maximum absolute atomic E-state index is 11.5. The van der Waals surface area contributed by atoms with Crippen molar-refractivity contribution in [2.75, 3.05) is 13.1 Å². The van der Waals surface area contributed by atoms with Crippen LogP contribution in [-0.4, -0.2) is 28.7 Å². The minimum absolute atomic E-state index is 0.0858. The van der Waals surface area contributed by atoms with Gasteiger partial charge in [0.15, 0.2) is 0 Å². The Morgan fingerprint density at radius 2 is 2.30 bits per heavy atom. The molecule has 20 heavy (non-hydrogen) atoms. The van der Waals surface area contributed by atoms with Crippen LogP contribution in [0.25, 0.3) is 0 Å². The number of nitro benzene ring substituents is 1. The predicted octanol–water partition coefficient (Wildman–Crippen LogP) is 3.16. The lowest BCUT2D eigenvalue weighted by molar-refractivity contribution is -0.385. The van der Waals surface area contributed by atoms with Gasteiger partial charge in [-0.15, -0.1) is 0 Å². The third kappa shape index (κ3) is 3.43. The molecule has 1 aliphatic rings. The fourth-order valence-electron chi connectivity index (χ4n) is 2.60. The summed E-state index contributed by atoms with van der Waals surface area (Å²) in [6.07, 6.45) is 1.94. The number of hydrogen-bond acceptors (Lipinski definition) is 4. The van der Waals surface area contributed by atoms with E-state index < -0.39 is 0 Å². The van der Waals surface area contributed by atoms with Crippen LogP contribution in [0.2, 0.25) is 0 Å². The van der Waals surface area contributed by atoms with E-state index in [1.54, 1.807) is 13.0 Å². The topological polar surface area (TPSA) is 63.5 Å². The van der Waals surface area contributed by atoms with E-state index >= 15 is 0 Å². The Bertz CT molecular complexity index is 533. The van der Waals surface area contributed by atoms with Crippen molar-refractivity contribution in [2.24, 2.45) is 5.92 Å². The Balaban J connectivity index is 2.12. The Hall–Kier alpha value is -1.27. The molecule has 1 atom stereocenters. The van der Waals surface area contributed by atoms with Crippen molar-refractivity contribution in [2.45, 2.75) is 26.3 Å². The number of likely N-dealkylation sites (tertiary alicyclic amines) is 1. The summed E-state index contributed by atoms with van der Waals surface area (Å²) in [5.74, 6) is 0.328. The summed E-state index contributed by atoms with van der Waals surface area (Å²) in [6, 6.07) is 5.07. The zero-order chi connectivity index (χ0) is 14.7. The van der Waals surface area contributed by atoms with Crippen LogP contribution in [-0.2, 0) is 11.3 Å². The number of rotatable bonds is 4. The molecule has 1 saturated heterocycles. The van der Waals surface area contributed by atoms with Gasteiger partial charge < -0.3 is 0 Å². The second-order valence-electron chi connectivity index (χ2n) is 5.19. The van der Waals surface area contributed by atoms with Gasteiger partial charge in [0.1, 0.15) is 5.78 Å². The maximum Gasteiger partial charge on any atom is 0.283 e. The highest BCUT2D eigenvalue weighted by molar-refractivity contribution is 9.10. The van der Waals surface area contributed by atoms with Gasteiger partial charge in [-0.1, -0.05) is 12.1 Å². The van der Waals surface area contributed by atoms with Crippen molar-refractivity contribution < 1.29 is 9.72 Å². The number of piperidine rings is 1. The van der Waals surface area contributed by atoms with Crippen LogP contribution in [0.5, 0.6) is 0 Å². The van der Waals surface area contributed by atoms with Crippen LogP contribution in [0.1, 0.15) is 25.3 Å². The number of carbonyl (C=O) groups excluding carboxylic acids is 1. The molecule has 0 aliphatic carbocycles. The molecule has 1 heterocycles.